The van der Waals surface area contributed by atoms with E-state index < -0.39 is 18.3 Å². The molecular weight excluding hydrogens is 232 g/mol. The van der Waals surface area contributed by atoms with Crippen LogP contribution in [0.2, 0.25) is 0 Å². The highest BCUT2D eigenvalue weighted by molar-refractivity contribution is 5.80. The maximum absolute atomic E-state index is 11.5. The number of rotatable bonds is 9. The number of carbonyl (C=O) groups excluding carboxylic acids is 1. The van der Waals surface area contributed by atoms with Crippen LogP contribution in [0.3, 0.4) is 0 Å². The standard InChI is InChI=1S/C14H28O4/c1-9(2)12(16)6-7-13(17)14(8-11(5)15)18-10(3)4/h9-11,13-15,17H,6-8H2,1-5H3. The molecule has 0 heterocycles. The van der Waals surface area contributed by atoms with E-state index in [2.05, 4.69) is 0 Å². The summed E-state index contributed by atoms with van der Waals surface area (Å²) >= 11 is 0. The van der Waals surface area contributed by atoms with E-state index in [0.717, 1.165) is 0 Å². The summed E-state index contributed by atoms with van der Waals surface area (Å²) in [6, 6.07) is 0. The van der Waals surface area contributed by atoms with Gasteiger partial charge in [0.05, 0.1) is 24.4 Å². The van der Waals surface area contributed by atoms with E-state index in [1.165, 1.54) is 0 Å². The van der Waals surface area contributed by atoms with Crippen molar-refractivity contribution >= 4 is 5.78 Å². The van der Waals surface area contributed by atoms with Gasteiger partial charge in [0.15, 0.2) is 0 Å². The van der Waals surface area contributed by atoms with Crippen molar-refractivity contribution in [3.63, 3.8) is 0 Å². The van der Waals surface area contributed by atoms with Gasteiger partial charge in [0, 0.05) is 18.8 Å². The van der Waals surface area contributed by atoms with Gasteiger partial charge < -0.3 is 14.9 Å². The molecule has 0 aromatic heterocycles. The average molecular weight is 260 g/mol. The van der Waals surface area contributed by atoms with Gasteiger partial charge in [-0.3, -0.25) is 4.79 Å². The second-order valence-corrected chi connectivity index (χ2v) is 5.54. The van der Waals surface area contributed by atoms with Crippen molar-refractivity contribution in [2.24, 2.45) is 5.92 Å². The molecule has 0 saturated carbocycles. The Hall–Kier alpha value is -0.450. The van der Waals surface area contributed by atoms with E-state index in [0.29, 0.717) is 19.3 Å². The minimum absolute atomic E-state index is 0.00145. The molecule has 0 aromatic rings. The normalized spacial score (nSPS) is 16.9. The van der Waals surface area contributed by atoms with E-state index >= 15 is 0 Å². The van der Waals surface area contributed by atoms with Gasteiger partial charge in [-0.25, -0.2) is 0 Å². The van der Waals surface area contributed by atoms with E-state index in [9.17, 15) is 15.0 Å². The lowest BCUT2D eigenvalue weighted by molar-refractivity contribution is -0.123. The van der Waals surface area contributed by atoms with E-state index in [-0.39, 0.29) is 17.8 Å². The molecule has 0 spiro atoms. The minimum atomic E-state index is -0.704. The summed E-state index contributed by atoms with van der Waals surface area (Å²) in [6.07, 6.45) is -0.518. The van der Waals surface area contributed by atoms with Crippen molar-refractivity contribution in [1.82, 2.24) is 0 Å². The summed E-state index contributed by atoms with van der Waals surface area (Å²) in [6.45, 7) is 9.16. The summed E-state index contributed by atoms with van der Waals surface area (Å²) in [4.78, 5) is 11.5. The summed E-state index contributed by atoms with van der Waals surface area (Å²) in [5.41, 5.74) is 0. The zero-order valence-corrected chi connectivity index (χ0v) is 12.2. The van der Waals surface area contributed by atoms with Gasteiger partial charge in [-0.2, -0.15) is 0 Å². The van der Waals surface area contributed by atoms with Crippen molar-refractivity contribution in [3.8, 4) is 0 Å². The van der Waals surface area contributed by atoms with Crippen LogP contribution in [0, 0.1) is 5.92 Å². The van der Waals surface area contributed by atoms with Crippen molar-refractivity contribution in [1.29, 1.82) is 0 Å². The number of hydrogen-bond acceptors (Lipinski definition) is 4. The second-order valence-electron chi connectivity index (χ2n) is 5.54. The van der Waals surface area contributed by atoms with Gasteiger partial charge in [0.25, 0.3) is 0 Å². The molecule has 0 aliphatic heterocycles. The Labute approximate surface area is 110 Å². The van der Waals surface area contributed by atoms with E-state index in [4.69, 9.17) is 4.74 Å². The lowest BCUT2D eigenvalue weighted by atomic mass is 9.98. The monoisotopic (exact) mass is 260 g/mol. The van der Waals surface area contributed by atoms with Crippen LogP contribution in [-0.2, 0) is 9.53 Å². The van der Waals surface area contributed by atoms with Crippen LogP contribution in [-0.4, -0.2) is 40.4 Å². The highest BCUT2D eigenvalue weighted by atomic mass is 16.5. The largest absolute Gasteiger partial charge is 0.393 e. The zero-order chi connectivity index (χ0) is 14.3. The molecule has 3 unspecified atom stereocenters. The summed E-state index contributed by atoms with van der Waals surface area (Å²) in [5.74, 6) is 0.146. The third kappa shape index (κ3) is 7.80. The topological polar surface area (TPSA) is 66.8 Å². The summed E-state index contributed by atoms with van der Waals surface area (Å²) in [5, 5.41) is 19.4. The molecule has 0 aliphatic carbocycles. The van der Waals surface area contributed by atoms with Crippen LogP contribution >= 0.6 is 0 Å². The summed E-state index contributed by atoms with van der Waals surface area (Å²) < 4.78 is 5.59. The number of carbonyl (C=O) groups is 1. The average Bonchev–Trinajstić information content (AvgIpc) is 2.22. The predicted molar refractivity (Wildman–Crippen MR) is 71.4 cm³/mol. The molecule has 2 N–H and O–H groups in total. The van der Waals surface area contributed by atoms with Gasteiger partial charge in [0.2, 0.25) is 0 Å². The SMILES string of the molecule is CC(O)CC(OC(C)C)C(O)CCC(=O)C(C)C. The first kappa shape index (κ1) is 17.6. The van der Waals surface area contributed by atoms with E-state index in [1.807, 2.05) is 27.7 Å². The molecule has 3 atom stereocenters. The van der Waals surface area contributed by atoms with Crippen LogP contribution in [0.15, 0.2) is 0 Å². The number of aliphatic hydroxyl groups is 2. The Bertz CT molecular complexity index is 226. The molecule has 0 saturated heterocycles. The minimum Gasteiger partial charge on any atom is -0.393 e. The molecular formula is C14H28O4. The summed E-state index contributed by atoms with van der Waals surface area (Å²) in [7, 11) is 0. The van der Waals surface area contributed by atoms with Crippen molar-refractivity contribution in [2.45, 2.75) is 78.3 Å². The molecule has 0 bridgehead atoms. The third-order valence-electron chi connectivity index (χ3n) is 2.78. The number of hydrogen-bond donors (Lipinski definition) is 2. The fourth-order valence-electron chi connectivity index (χ4n) is 1.75. The Kier molecular flexibility index (Phi) is 8.40. The van der Waals surface area contributed by atoms with Crippen LogP contribution in [0.25, 0.3) is 0 Å². The second kappa shape index (κ2) is 8.62. The molecule has 4 nitrogen and oxygen atoms in total. The molecule has 108 valence electrons. The van der Waals surface area contributed by atoms with Crippen LogP contribution in [0.5, 0.6) is 0 Å². The molecule has 18 heavy (non-hydrogen) atoms. The fraction of sp³-hybridized carbons (Fsp3) is 0.929. The molecule has 0 amide bonds. The molecule has 0 radical (unpaired) electrons. The molecule has 4 heteroatoms. The third-order valence-corrected chi connectivity index (χ3v) is 2.78. The fourth-order valence-corrected chi connectivity index (χ4v) is 1.75. The molecule has 0 aromatic carbocycles. The first-order chi connectivity index (χ1) is 8.23. The molecule has 0 fully saturated rings. The Morgan fingerprint density at radius 1 is 1.11 bits per heavy atom. The molecule has 0 rings (SSSR count). The van der Waals surface area contributed by atoms with Crippen molar-refractivity contribution in [3.05, 3.63) is 0 Å². The quantitative estimate of drug-likeness (QED) is 0.664. The van der Waals surface area contributed by atoms with Gasteiger partial charge in [-0.15, -0.1) is 0 Å². The predicted octanol–water partition coefficient (Wildman–Crippen LogP) is 1.92. The lowest BCUT2D eigenvalue weighted by Crippen LogP contribution is -2.34. The van der Waals surface area contributed by atoms with Gasteiger partial charge >= 0.3 is 0 Å². The van der Waals surface area contributed by atoms with Crippen molar-refractivity contribution in [2.75, 3.05) is 0 Å². The first-order valence-electron chi connectivity index (χ1n) is 6.78. The lowest BCUT2D eigenvalue weighted by Gasteiger charge is -2.26. The maximum atomic E-state index is 11.5. The van der Waals surface area contributed by atoms with Gasteiger partial charge in [-0.05, 0) is 27.2 Å². The highest BCUT2D eigenvalue weighted by Gasteiger charge is 2.23. The first-order valence-corrected chi connectivity index (χ1v) is 6.78. The smallest absolute Gasteiger partial charge is 0.135 e. The van der Waals surface area contributed by atoms with Crippen LogP contribution in [0.1, 0.15) is 53.9 Å². The zero-order valence-electron chi connectivity index (χ0n) is 12.2. The van der Waals surface area contributed by atoms with E-state index in [1.54, 1.807) is 6.92 Å². The van der Waals surface area contributed by atoms with Gasteiger partial charge in [0.1, 0.15) is 5.78 Å². The van der Waals surface area contributed by atoms with Gasteiger partial charge in [-0.1, -0.05) is 13.8 Å². The van der Waals surface area contributed by atoms with Crippen LogP contribution < -0.4 is 0 Å². The van der Waals surface area contributed by atoms with Crippen molar-refractivity contribution < 1.29 is 19.7 Å². The maximum Gasteiger partial charge on any atom is 0.135 e. The highest BCUT2D eigenvalue weighted by Crippen LogP contribution is 2.16. The number of aliphatic hydroxyl groups excluding tert-OH is 2. The Morgan fingerprint density at radius 2 is 1.67 bits per heavy atom. The number of ether oxygens (including phenoxy) is 1. The molecule has 0 aliphatic rings. The van der Waals surface area contributed by atoms with Crippen LogP contribution in [0.4, 0.5) is 0 Å². The number of Topliss-reactive ketones (excluding diaryl/α,β-unsaturated/α-hetero) is 1. The Balaban J connectivity index is 4.27. The Morgan fingerprint density at radius 3 is 2.06 bits per heavy atom. The number of ketones is 1.